The molecule has 1 aromatic carbocycles. The SMILES string of the molecule is NC1C2CCC(O2)C1c1cccc(Cl)c1. The van der Waals surface area contributed by atoms with Gasteiger partial charge in [0.15, 0.2) is 0 Å². The molecule has 0 amide bonds. The van der Waals surface area contributed by atoms with Crippen LogP contribution in [-0.4, -0.2) is 18.2 Å². The standard InChI is InChI=1S/C12H14ClNO/c13-8-3-1-2-7(6-8)11-9-4-5-10(15-9)12(11)14/h1-3,6,9-12H,4-5,14H2. The van der Waals surface area contributed by atoms with Crippen LogP contribution >= 0.6 is 11.6 Å². The molecule has 0 radical (unpaired) electrons. The van der Waals surface area contributed by atoms with Crippen LogP contribution in [0.2, 0.25) is 5.02 Å². The van der Waals surface area contributed by atoms with Crippen molar-refractivity contribution >= 4 is 11.6 Å². The van der Waals surface area contributed by atoms with E-state index in [0.29, 0.717) is 12.0 Å². The molecule has 15 heavy (non-hydrogen) atoms. The first-order valence-corrected chi connectivity index (χ1v) is 5.80. The fraction of sp³-hybridized carbons (Fsp3) is 0.500. The van der Waals surface area contributed by atoms with Crippen LogP contribution < -0.4 is 5.73 Å². The molecule has 2 nitrogen and oxygen atoms in total. The number of fused-ring (bicyclic) bond motifs is 2. The molecular weight excluding hydrogens is 210 g/mol. The average molecular weight is 224 g/mol. The fourth-order valence-corrected chi connectivity index (χ4v) is 3.07. The first-order valence-electron chi connectivity index (χ1n) is 5.42. The number of nitrogens with two attached hydrogens (primary N) is 1. The average Bonchev–Trinajstić information content (AvgIpc) is 2.77. The summed E-state index contributed by atoms with van der Waals surface area (Å²) in [4.78, 5) is 0. The van der Waals surface area contributed by atoms with Crippen LogP contribution in [0, 0.1) is 0 Å². The van der Waals surface area contributed by atoms with Crippen LogP contribution in [0.15, 0.2) is 24.3 Å². The number of benzene rings is 1. The van der Waals surface area contributed by atoms with Crippen molar-refractivity contribution in [1.29, 1.82) is 0 Å². The Hall–Kier alpha value is -0.570. The minimum Gasteiger partial charge on any atom is -0.373 e. The van der Waals surface area contributed by atoms with Gasteiger partial charge < -0.3 is 10.5 Å². The van der Waals surface area contributed by atoms with E-state index >= 15 is 0 Å². The molecule has 2 heterocycles. The van der Waals surface area contributed by atoms with Crippen molar-refractivity contribution in [2.45, 2.75) is 37.0 Å². The number of rotatable bonds is 1. The first-order chi connectivity index (χ1) is 7.25. The third kappa shape index (κ3) is 1.48. The van der Waals surface area contributed by atoms with E-state index in [0.717, 1.165) is 17.9 Å². The lowest BCUT2D eigenvalue weighted by Gasteiger charge is -2.25. The molecule has 2 fully saturated rings. The molecule has 4 atom stereocenters. The minimum absolute atomic E-state index is 0.141. The van der Waals surface area contributed by atoms with Gasteiger partial charge in [-0.3, -0.25) is 0 Å². The Morgan fingerprint density at radius 2 is 2.07 bits per heavy atom. The quantitative estimate of drug-likeness (QED) is 0.793. The van der Waals surface area contributed by atoms with Crippen molar-refractivity contribution < 1.29 is 4.74 Å². The first kappa shape index (κ1) is 9.64. The number of hydrogen-bond donors (Lipinski definition) is 1. The molecule has 80 valence electrons. The van der Waals surface area contributed by atoms with Crippen molar-refractivity contribution in [3.8, 4) is 0 Å². The summed E-state index contributed by atoms with van der Waals surface area (Å²) in [5, 5.41) is 0.780. The molecule has 0 spiro atoms. The Morgan fingerprint density at radius 1 is 1.27 bits per heavy atom. The smallest absolute Gasteiger partial charge is 0.0737 e. The Labute approximate surface area is 94.4 Å². The summed E-state index contributed by atoms with van der Waals surface area (Å²) >= 11 is 5.99. The Balaban J connectivity index is 1.94. The maximum absolute atomic E-state index is 6.18. The second kappa shape index (κ2) is 3.48. The highest BCUT2D eigenvalue weighted by Crippen LogP contribution is 2.43. The number of hydrogen-bond acceptors (Lipinski definition) is 2. The van der Waals surface area contributed by atoms with Crippen LogP contribution in [0.5, 0.6) is 0 Å². The molecule has 3 rings (SSSR count). The number of ether oxygens (including phenoxy) is 1. The molecule has 2 saturated heterocycles. The van der Waals surface area contributed by atoms with Gasteiger partial charge in [-0.2, -0.15) is 0 Å². The van der Waals surface area contributed by atoms with Crippen LogP contribution in [-0.2, 0) is 4.74 Å². The molecule has 0 saturated carbocycles. The van der Waals surface area contributed by atoms with Crippen molar-refractivity contribution in [1.82, 2.24) is 0 Å². The second-order valence-electron chi connectivity index (χ2n) is 4.45. The molecule has 2 aliphatic rings. The molecular formula is C12H14ClNO. The van der Waals surface area contributed by atoms with E-state index < -0.39 is 0 Å². The van der Waals surface area contributed by atoms with E-state index in [-0.39, 0.29) is 12.1 Å². The lowest BCUT2D eigenvalue weighted by molar-refractivity contribution is 0.0976. The summed E-state index contributed by atoms with van der Waals surface area (Å²) in [6, 6.07) is 8.12. The van der Waals surface area contributed by atoms with Crippen molar-refractivity contribution in [2.24, 2.45) is 5.73 Å². The monoisotopic (exact) mass is 223 g/mol. The van der Waals surface area contributed by atoms with Gasteiger partial charge in [0, 0.05) is 17.0 Å². The molecule has 2 aliphatic heterocycles. The summed E-state index contributed by atoms with van der Waals surface area (Å²) in [6.45, 7) is 0. The normalized spacial score (nSPS) is 38.5. The van der Waals surface area contributed by atoms with E-state index in [2.05, 4.69) is 6.07 Å². The predicted octanol–water partition coefficient (Wildman–Crippen LogP) is 2.31. The summed E-state index contributed by atoms with van der Waals surface area (Å²) in [5.41, 5.74) is 7.40. The van der Waals surface area contributed by atoms with Crippen molar-refractivity contribution in [2.75, 3.05) is 0 Å². The van der Waals surface area contributed by atoms with E-state index in [1.54, 1.807) is 0 Å². The largest absolute Gasteiger partial charge is 0.373 e. The highest BCUT2D eigenvalue weighted by molar-refractivity contribution is 6.30. The van der Waals surface area contributed by atoms with Gasteiger partial charge in [0.1, 0.15) is 0 Å². The van der Waals surface area contributed by atoms with Gasteiger partial charge in [-0.15, -0.1) is 0 Å². The molecule has 0 aliphatic carbocycles. The van der Waals surface area contributed by atoms with Crippen LogP contribution in [0.4, 0.5) is 0 Å². The molecule has 2 bridgehead atoms. The zero-order chi connectivity index (χ0) is 10.4. The van der Waals surface area contributed by atoms with Crippen molar-refractivity contribution in [3.63, 3.8) is 0 Å². The van der Waals surface area contributed by atoms with Crippen LogP contribution in [0.1, 0.15) is 24.3 Å². The fourth-order valence-electron chi connectivity index (χ4n) is 2.87. The van der Waals surface area contributed by atoms with E-state index in [9.17, 15) is 0 Å². The van der Waals surface area contributed by atoms with Gasteiger partial charge in [-0.25, -0.2) is 0 Å². The zero-order valence-corrected chi connectivity index (χ0v) is 9.15. The minimum atomic E-state index is 0.141. The molecule has 1 aromatic rings. The zero-order valence-electron chi connectivity index (χ0n) is 8.40. The third-order valence-electron chi connectivity index (χ3n) is 3.56. The van der Waals surface area contributed by atoms with Gasteiger partial charge in [-0.1, -0.05) is 23.7 Å². The van der Waals surface area contributed by atoms with Gasteiger partial charge >= 0.3 is 0 Å². The molecule has 0 aromatic heterocycles. The molecule has 2 N–H and O–H groups in total. The summed E-state index contributed by atoms with van der Waals surface area (Å²) in [5.74, 6) is 0.336. The maximum atomic E-state index is 6.18. The van der Waals surface area contributed by atoms with E-state index in [1.807, 2.05) is 18.2 Å². The lowest BCUT2D eigenvalue weighted by atomic mass is 9.80. The third-order valence-corrected chi connectivity index (χ3v) is 3.80. The Bertz CT molecular complexity index is 380. The Morgan fingerprint density at radius 3 is 2.73 bits per heavy atom. The highest BCUT2D eigenvalue weighted by Gasteiger charge is 2.47. The summed E-state index contributed by atoms with van der Waals surface area (Å²) in [6.07, 6.45) is 2.82. The number of halogens is 1. The highest BCUT2D eigenvalue weighted by atomic mass is 35.5. The molecule has 4 unspecified atom stereocenters. The topological polar surface area (TPSA) is 35.2 Å². The van der Waals surface area contributed by atoms with E-state index in [4.69, 9.17) is 22.1 Å². The van der Waals surface area contributed by atoms with Crippen LogP contribution in [0.3, 0.4) is 0 Å². The lowest BCUT2D eigenvalue weighted by Crippen LogP contribution is -2.38. The summed E-state index contributed by atoms with van der Waals surface area (Å²) < 4.78 is 5.82. The maximum Gasteiger partial charge on any atom is 0.0737 e. The molecule has 3 heteroatoms. The van der Waals surface area contributed by atoms with Crippen molar-refractivity contribution in [3.05, 3.63) is 34.9 Å². The van der Waals surface area contributed by atoms with Gasteiger partial charge in [0.25, 0.3) is 0 Å². The van der Waals surface area contributed by atoms with E-state index in [1.165, 1.54) is 5.56 Å². The van der Waals surface area contributed by atoms with Gasteiger partial charge in [-0.05, 0) is 30.5 Å². The second-order valence-corrected chi connectivity index (χ2v) is 4.88. The van der Waals surface area contributed by atoms with Gasteiger partial charge in [0.2, 0.25) is 0 Å². The predicted molar refractivity (Wildman–Crippen MR) is 60.1 cm³/mol. The summed E-state index contributed by atoms with van der Waals surface area (Å²) in [7, 11) is 0. The Kier molecular flexibility index (Phi) is 2.23. The van der Waals surface area contributed by atoms with Crippen LogP contribution in [0.25, 0.3) is 0 Å². The van der Waals surface area contributed by atoms with Gasteiger partial charge in [0.05, 0.1) is 12.2 Å².